The van der Waals surface area contributed by atoms with Gasteiger partial charge in [-0.2, -0.15) is 0 Å². The molecule has 1 rings (SSSR count). The molecule has 0 heterocycles. The Kier molecular flexibility index (Phi) is 5.31. The molecule has 0 amide bonds. The third-order valence-electron chi connectivity index (χ3n) is 2.88. The molecule has 1 unspecified atom stereocenters. The van der Waals surface area contributed by atoms with Crippen LogP contribution < -0.4 is 4.72 Å². The lowest BCUT2D eigenvalue weighted by molar-refractivity contribution is 0.263. The molecular weight excluding hydrogens is 250 g/mol. The van der Waals surface area contributed by atoms with Crippen LogP contribution in [0.15, 0.2) is 23.1 Å². The summed E-state index contributed by atoms with van der Waals surface area (Å²) in [6.07, 6.45) is 0.593. The van der Waals surface area contributed by atoms with Crippen molar-refractivity contribution in [1.82, 2.24) is 4.72 Å². The lowest BCUT2D eigenvalue weighted by Crippen LogP contribution is -2.29. The molecule has 0 bridgehead atoms. The van der Waals surface area contributed by atoms with Gasteiger partial charge >= 0.3 is 0 Å². The minimum Gasteiger partial charge on any atom is -0.396 e. The number of hydrogen-bond donors (Lipinski definition) is 2. The number of sulfonamides is 1. The molecule has 0 saturated heterocycles. The molecule has 0 fully saturated rings. The Morgan fingerprint density at radius 3 is 2.61 bits per heavy atom. The number of nitrogens with one attached hydrogen (secondary N) is 1. The van der Waals surface area contributed by atoms with Gasteiger partial charge in [0, 0.05) is 13.2 Å². The van der Waals surface area contributed by atoms with Gasteiger partial charge < -0.3 is 5.11 Å². The molecule has 0 spiro atoms. The van der Waals surface area contributed by atoms with Crippen LogP contribution in [0, 0.1) is 19.8 Å². The van der Waals surface area contributed by atoms with Crippen molar-refractivity contribution in [3.05, 3.63) is 29.3 Å². The Bertz CT molecular complexity index is 497. The van der Waals surface area contributed by atoms with Crippen LogP contribution in [0.25, 0.3) is 0 Å². The Morgan fingerprint density at radius 2 is 2.00 bits per heavy atom. The molecule has 1 aromatic rings. The first-order chi connectivity index (χ1) is 8.36. The highest BCUT2D eigenvalue weighted by Gasteiger charge is 2.17. The van der Waals surface area contributed by atoms with Gasteiger partial charge in [0.25, 0.3) is 0 Å². The molecule has 0 aliphatic rings. The Morgan fingerprint density at radius 1 is 1.33 bits per heavy atom. The predicted molar refractivity (Wildman–Crippen MR) is 72.0 cm³/mol. The molecule has 0 radical (unpaired) electrons. The van der Waals surface area contributed by atoms with Crippen molar-refractivity contribution in [2.45, 2.75) is 32.1 Å². The largest absolute Gasteiger partial charge is 0.396 e. The molecule has 0 aliphatic heterocycles. The summed E-state index contributed by atoms with van der Waals surface area (Å²) in [5.41, 5.74) is 1.66. The number of hydrogen-bond acceptors (Lipinski definition) is 3. The van der Waals surface area contributed by atoms with E-state index in [4.69, 9.17) is 5.11 Å². The molecule has 18 heavy (non-hydrogen) atoms. The SMILES string of the molecule is Cc1ccc(C)c(S(=O)(=O)NCC(C)CCO)c1. The van der Waals surface area contributed by atoms with Crippen molar-refractivity contribution in [3.63, 3.8) is 0 Å². The second-order valence-corrected chi connectivity index (χ2v) is 6.47. The van der Waals surface area contributed by atoms with Gasteiger partial charge in [-0.25, -0.2) is 13.1 Å². The Labute approximate surface area is 109 Å². The van der Waals surface area contributed by atoms with Crippen molar-refractivity contribution in [2.75, 3.05) is 13.2 Å². The van der Waals surface area contributed by atoms with E-state index in [1.54, 1.807) is 19.1 Å². The highest BCUT2D eigenvalue weighted by atomic mass is 32.2. The van der Waals surface area contributed by atoms with Crippen LogP contribution in [-0.4, -0.2) is 26.7 Å². The molecule has 5 heteroatoms. The van der Waals surface area contributed by atoms with Crippen molar-refractivity contribution < 1.29 is 13.5 Å². The van der Waals surface area contributed by atoms with Gasteiger partial charge in [0.1, 0.15) is 0 Å². The van der Waals surface area contributed by atoms with E-state index in [0.717, 1.165) is 11.1 Å². The van der Waals surface area contributed by atoms with E-state index in [2.05, 4.69) is 4.72 Å². The topological polar surface area (TPSA) is 66.4 Å². The first-order valence-corrected chi connectivity index (χ1v) is 7.53. The van der Waals surface area contributed by atoms with E-state index in [1.807, 2.05) is 19.9 Å². The van der Waals surface area contributed by atoms with Gasteiger partial charge in [-0.15, -0.1) is 0 Å². The van der Waals surface area contributed by atoms with E-state index in [-0.39, 0.29) is 12.5 Å². The lowest BCUT2D eigenvalue weighted by Gasteiger charge is -2.13. The third kappa shape index (κ3) is 4.08. The quantitative estimate of drug-likeness (QED) is 0.826. The Hall–Kier alpha value is -0.910. The Balaban J connectivity index is 2.83. The fourth-order valence-corrected chi connectivity index (χ4v) is 3.14. The van der Waals surface area contributed by atoms with Crippen LogP contribution in [0.1, 0.15) is 24.5 Å². The van der Waals surface area contributed by atoms with Gasteiger partial charge in [0.15, 0.2) is 0 Å². The van der Waals surface area contributed by atoms with Gasteiger partial charge in [-0.05, 0) is 43.4 Å². The second kappa shape index (κ2) is 6.31. The highest BCUT2D eigenvalue weighted by Crippen LogP contribution is 2.16. The zero-order chi connectivity index (χ0) is 13.8. The summed E-state index contributed by atoms with van der Waals surface area (Å²) >= 11 is 0. The van der Waals surface area contributed by atoms with Crippen molar-refractivity contribution in [3.8, 4) is 0 Å². The summed E-state index contributed by atoms with van der Waals surface area (Å²) in [4.78, 5) is 0.332. The van der Waals surface area contributed by atoms with Crippen LogP contribution in [0.4, 0.5) is 0 Å². The van der Waals surface area contributed by atoms with Crippen molar-refractivity contribution in [2.24, 2.45) is 5.92 Å². The van der Waals surface area contributed by atoms with Gasteiger partial charge in [-0.3, -0.25) is 0 Å². The summed E-state index contributed by atoms with van der Waals surface area (Å²) in [5, 5.41) is 8.79. The monoisotopic (exact) mass is 271 g/mol. The first-order valence-electron chi connectivity index (χ1n) is 6.04. The smallest absolute Gasteiger partial charge is 0.240 e. The maximum absolute atomic E-state index is 12.1. The third-order valence-corrected chi connectivity index (χ3v) is 4.44. The summed E-state index contributed by atoms with van der Waals surface area (Å²) in [7, 11) is -3.46. The average molecular weight is 271 g/mol. The number of aliphatic hydroxyl groups is 1. The molecule has 1 atom stereocenters. The molecule has 0 saturated carbocycles. The number of rotatable bonds is 6. The zero-order valence-corrected chi connectivity index (χ0v) is 11.9. The van der Waals surface area contributed by atoms with Crippen molar-refractivity contribution in [1.29, 1.82) is 0 Å². The molecule has 0 aliphatic carbocycles. The molecule has 2 N–H and O–H groups in total. The second-order valence-electron chi connectivity index (χ2n) is 4.74. The number of aliphatic hydroxyl groups excluding tert-OH is 1. The van der Waals surface area contributed by atoms with E-state index in [1.165, 1.54) is 0 Å². The zero-order valence-electron chi connectivity index (χ0n) is 11.1. The summed E-state index contributed by atoms with van der Waals surface area (Å²) in [5.74, 6) is 0.120. The van der Waals surface area contributed by atoms with Crippen LogP contribution >= 0.6 is 0 Å². The minimum absolute atomic E-state index is 0.0758. The molecule has 102 valence electrons. The highest BCUT2D eigenvalue weighted by molar-refractivity contribution is 7.89. The fourth-order valence-electron chi connectivity index (χ4n) is 1.65. The van der Waals surface area contributed by atoms with E-state index in [9.17, 15) is 8.42 Å². The first kappa shape index (κ1) is 15.1. The van der Waals surface area contributed by atoms with Crippen LogP contribution in [0.2, 0.25) is 0 Å². The van der Waals surface area contributed by atoms with Crippen LogP contribution in [-0.2, 0) is 10.0 Å². The van der Waals surface area contributed by atoms with E-state index < -0.39 is 10.0 Å². The summed E-state index contributed by atoms with van der Waals surface area (Å²) in [6, 6.07) is 5.37. The fraction of sp³-hybridized carbons (Fsp3) is 0.538. The van der Waals surface area contributed by atoms with Crippen LogP contribution in [0.3, 0.4) is 0 Å². The van der Waals surface area contributed by atoms with Gasteiger partial charge in [0.2, 0.25) is 10.0 Å². The van der Waals surface area contributed by atoms with E-state index >= 15 is 0 Å². The molecule has 1 aromatic carbocycles. The van der Waals surface area contributed by atoms with Gasteiger partial charge in [0.05, 0.1) is 4.90 Å². The molecule has 0 aromatic heterocycles. The normalized spacial score (nSPS) is 13.6. The standard InChI is InChI=1S/C13H21NO3S/c1-10-4-5-12(3)13(8-10)18(16,17)14-9-11(2)6-7-15/h4-5,8,11,14-15H,6-7,9H2,1-3H3. The number of benzene rings is 1. The summed E-state index contributed by atoms with van der Waals surface area (Å²) in [6.45, 7) is 5.97. The molecular formula is C13H21NO3S. The number of aryl methyl sites for hydroxylation is 2. The predicted octanol–water partition coefficient (Wildman–Crippen LogP) is 1.60. The molecule has 4 nitrogen and oxygen atoms in total. The van der Waals surface area contributed by atoms with E-state index in [0.29, 0.717) is 17.9 Å². The van der Waals surface area contributed by atoms with Crippen LogP contribution in [0.5, 0.6) is 0 Å². The maximum Gasteiger partial charge on any atom is 0.240 e. The van der Waals surface area contributed by atoms with Crippen molar-refractivity contribution >= 4 is 10.0 Å². The average Bonchev–Trinajstić information content (AvgIpc) is 2.30. The van der Waals surface area contributed by atoms with Gasteiger partial charge in [-0.1, -0.05) is 19.1 Å². The lowest BCUT2D eigenvalue weighted by atomic mass is 10.1. The maximum atomic E-state index is 12.1. The minimum atomic E-state index is -3.46. The summed E-state index contributed by atoms with van der Waals surface area (Å²) < 4.78 is 26.9.